The van der Waals surface area contributed by atoms with Crippen LogP contribution >= 0.6 is 12.2 Å². The van der Waals surface area contributed by atoms with Crippen LogP contribution in [0.3, 0.4) is 0 Å². The highest BCUT2D eigenvalue weighted by atomic mass is 32.1. The molecule has 0 bridgehead atoms. The third-order valence-corrected chi connectivity index (χ3v) is 3.68. The Bertz CT molecular complexity index is 543. The Balaban J connectivity index is 2.04. The van der Waals surface area contributed by atoms with Crippen molar-refractivity contribution in [3.63, 3.8) is 0 Å². The highest BCUT2D eigenvalue weighted by molar-refractivity contribution is 7.80. The fraction of sp³-hybridized carbons (Fsp3) is 0.500. The summed E-state index contributed by atoms with van der Waals surface area (Å²) in [5.41, 5.74) is 0.785. The zero-order valence-electron chi connectivity index (χ0n) is 12.9. The van der Waals surface area contributed by atoms with Gasteiger partial charge in [0.25, 0.3) is 0 Å². The molecule has 0 aromatic heterocycles. The third-order valence-electron chi connectivity index (χ3n) is 3.30. The molecule has 0 heterocycles. The standard InChI is InChI=1S/C16H21NO4S/c1-3-20-13-7-6-12(16(22)17-9-15(18)19-2)8-14(13)21-10-11-4-5-11/h6-8,11H,3-5,9-10H2,1-2H3,(H,17,22). The maximum atomic E-state index is 11.1. The van der Waals surface area contributed by atoms with Gasteiger partial charge in [0.15, 0.2) is 11.5 Å². The van der Waals surface area contributed by atoms with E-state index >= 15 is 0 Å². The maximum absolute atomic E-state index is 11.1. The second kappa shape index (κ2) is 7.98. The minimum atomic E-state index is -0.363. The first-order valence-corrected chi connectivity index (χ1v) is 7.79. The third kappa shape index (κ3) is 4.87. The summed E-state index contributed by atoms with van der Waals surface area (Å²) in [6.45, 7) is 3.25. The summed E-state index contributed by atoms with van der Waals surface area (Å²) in [6.07, 6.45) is 2.45. The van der Waals surface area contributed by atoms with Gasteiger partial charge in [0, 0.05) is 5.56 Å². The van der Waals surface area contributed by atoms with Crippen LogP contribution in [0.4, 0.5) is 0 Å². The fourth-order valence-electron chi connectivity index (χ4n) is 1.86. The van der Waals surface area contributed by atoms with Crippen molar-refractivity contribution in [2.75, 3.05) is 26.9 Å². The molecule has 22 heavy (non-hydrogen) atoms. The Morgan fingerprint density at radius 3 is 2.73 bits per heavy atom. The highest BCUT2D eigenvalue weighted by Gasteiger charge is 2.22. The molecule has 0 radical (unpaired) electrons. The first kappa shape index (κ1) is 16.5. The molecule has 1 fully saturated rings. The zero-order chi connectivity index (χ0) is 15.9. The van der Waals surface area contributed by atoms with Crippen molar-refractivity contribution in [3.8, 4) is 11.5 Å². The van der Waals surface area contributed by atoms with Gasteiger partial charge in [-0.2, -0.15) is 0 Å². The van der Waals surface area contributed by atoms with E-state index in [2.05, 4.69) is 10.1 Å². The predicted octanol–water partition coefficient (Wildman–Crippen LogP) is 2.31. The number of methoxy groups -OCH3 is 1. The van der Waals surface area contributed by atoms with Crippen molar-refractivity contribution in [1.29, 1.82) is 0 Å². The first-order chi connectivity index (χ1) is 10.6. The van der Waals surface area contributed by atoms with E-state index in [-0.39, 0.29) is 12.5 Å². The number of carbonyl (C=O) groups is 1. The largest absolute Gasteiger partial charge is 0.490 e. The lowest BCUT2D eigenvalue weighted by Crippen LogP contribution is -2.29. The summed E-state index contributed by atoms with van der Waals surface area (Å²) in [4.78, 5) is 11.6. The Kier molecular flexibility index (Phi) is 6.00. The Morgan fingerprint density at radius 1 is 1.32 bits per heavy atom. The molecule has 5 nitrogen and oxygen atoms in total. The molecule has 0 amide bonds. The molecule has 2 rings (SSSR count). The zero-order valence-corrected chi connectivity index (χ0v) is 13.7. The molecule has 6 heteroatoms. The van der Waals surface area contributed by atoms with E-state index in [1.165, 1.54) is 20.0 Å². The molecule has 1 aromatic carbocycles. The van der Waals surface area contributed by atoms with Crippen molar-refractivity contribution in [2.24, 2.45) is 5.92 Å². The van der Waals surface area contributed by atoms with Crippen LogP contribution < -0.4 is 14.8 Å². The minimum absolute atomic E-state index is 0.0425. The molecule has 0 aliphatic heterocycles. The maximum Gasteiger partial charge on any atom is 0.325 e. The predicted molar refractivity (Wildman–Crippen MR) is 87.5 cm³/mol. The molecule has 1 saturated carbocycles. The number of esters is 1. The summed E-state index contributed by atoms with van der Waals surface area (Å²) in [7, 11) is 1.34. The molecule has 1 aliphatic rings. The van der Waals surface area contributed by atoms with Gasteiger partial charge in [-0.25, -0.2) is 0 Å². The Morgan fingerprint density at radius 2 is 2.09 bits per heavy atom. The Hall–Kier alpha value is -1.82. The number of ether oxygens (including phenoxy) is 3. The van der Waals surface area contributed by atoms with Crippen molar-refractivity contribution < 1.29 is 19.0 Å². The number of hydrogen-bond acceptors (Lipinski definition) is 5. The molecule has 0 spiro atoms. The topological polar surface area (TPSA) is 56.8 Å². The second-order valence-electron chi connectivity index (χ2n) is 5.11. The van der Waals surface area contributed by atoms with Crippen LogP contribution in [0.1, 0.15) is 25.3 Å². The van der Waals surface area contributed by atoms with E-state index in [1.807, 2.05) is 25.1 Å². The highest BCUT2D eigenvalue weighted by Crippen LogP contribution is 2.33. The minimum Gasteiger partial charge on any atom is -0.490 e. The number of hydrogen-bond donors (Lipinski definition) is 1. The van der Waals surface area contributed by atoms with Crippen LogP contribution in [0.5, 0.6) is 11.5 Å². The van der Waals surface area contributed by atoms with Gasteiger partial charge in [-0.1, -0.05) is 12.2 Å². The molecule has 0 unspecified atom stereocenters. The molecular weight excluding hydrogens is 302 g/mol. The quantitative estimate of drug-likeness (QED) is 0.585. The first-order valence-electron chi connectivity index (χ1n) is 7.38. The van der Waals surface area contributed by atoms with Gasteiger partial charge < -0.3 is 19.5 Å². The molecule has 1 N–H and O–H groups in total. The van der Waals surface area contributed by atoms with Crippen LogP contribution in [-0.2, 0) is 9.53 Å². The van der Waals surface area contributed by atoms with E-state index in [0.29, 0.717) is 35.6 Å². The summed E-state index contributed by atoms with van der Waals surface area (Å²) < 4.78 is 16.0. The molecule has 0 saturated heterocycles. The fourth-order valence-corrected chi connectivity index (χ4v) is 2.05. The molecule has 1 aliphatic carbocycles. The number of nitrogens with one attached hydrogen (secondary N) is 1. The van der Waals surface area contributed by atoms with Gasteiger partial charge in [0.1, 0.15) is 11.5 Å². The normalized spacial score (nSPS) is 13.4. The van der Waals surface area contributed by atoms with E-state index in [0.717, 1.165) is 5.56 Å². The van der Waals surface area contributed by atoms with E-state index < -0.39 is 0 Å². The van der Waals surface area contributed by atoms with Crippen LogP contribution in [0.25, 0.3) is 0 Å². The van der Waals surface area contributed by atoms with Crippen molar-refractivity contribution in [2.45, 2.75) is 19.8 Å². The smallest absolute Gasteiger partial charge is 0.325 e. The summed E-state index contributed by atoms with van der Waals surface area (Å²) in [5, 5.41) is 2.87. The van der Waals surface area contributed by atoms with Gasteiger partial charge >= 0.3 is 5.97 Å². The van der Waals surface area contributed by atoms with Crippen LogP contribution in [0, 0.1) is 5.92 Å². The van der Waals surface area contributed by atoms with E-state index in [1.54, 1.807) is 0 Å². The van der Waals surface area contributed by atoms with Gasteiger partial charge in [0.05, 0.1) is 20.3 Å². The Labute approximate surface area is 135 Å². The lowest BCUT2D eigenvalue weighted by molar-refractivity contribution is -0.139. The number of carbonyl (C=O) groups excluding carboxylic acids is 1. The lowest BCUT2D eigenvalue weighted by Gasteiger charge is -2.14. The summed E-state index contributed by atoms with van der Waals surface area (Å²) >= 11 is 5.29. The van der Waals surface area contributed by atoms with Crippen LogP contribution in [-0.4, -0.2) is 37.8 Å². The molecule has 1 aromatic rings. The lowest BCUT2D eigenvalue weighted by atomic mass is 10.2. The van der Waals surface area contributed by atoms with Gasteiger partial charge in [-0.15, -0.1) is 0 Å². The van der Waals surface area contributed by atoms with Crippen molar-refractivity contribution in [1.82, 2.24) is 5.32 Å². The van der Waals surface area contributed by atoms with Gasteiger partial charge in [-0.05, 0) is 43.9 Å². The number of rotatable bonds is 8. The molecule has 120 valence electrons. The summed E-state index contributed by atoms with van der Waals surface area (Å²) in [6, 6.07) is 5.54. The van der Waals surface area contributed by atoms with E-state index in [4.69, 9.17) is 21.7 Å². The average Bonchev–Trinajstić information content (AvgIpc) is 3.35. The number of benzene rings is 1. The molecule has 0 atom stereocenters. The summed E-state index contributed by atoms with van der Waals surface area (Å²) in [5.74, 6) is 1.69. The van der Waals surface area contributed by atoms with Crippen molar-refractivity contribution in [3.05, 3.63) is 23.8 Å². The SMILES string of the molecule is CCOc1ccc(C(=S)NCC(=O)OC)cc1OCC1CC1. The van der Waals surface area contributed by atoms with Crippen LogP contribution in [0.2, 0.25) is 0 Å². The second-order valence-corrected chi connectivity index (χ2v) is 5.52. The van der Waals surface area contributed by atoms with Gasteiger partial charge in [-0.3, -0.25) is 4.79 Å². The van der Waals surface area contributed by atoms with E-state index in [9.17, 15) is 4.79 Å². The van der Waals surface area contributed by atoms with Crippen LogP contribution in [0.15, 0.2) is 18.2 Å². The molecular formula is C16H21NO4S. The van der Waals surface area contributed by atoms with Crippen molar-refractivity contribution >= 4 is 23.2 Å². The average molecular weight is 323 g/mol. The number of thiocarbonyl (C=S) groups is 1. The van der Waals surface area contributed by atoms with Gasteiger partial charge in [0.2, 0.25) is 0 Å². The monoisotopic (exact) mass is 323 g/mol.